The van der Waals surface area contributed by atoms with Crippen molar-refractivity contribution < 1.29 is 0 Å². The molecule has 0 saturated carbocycles. The fourth-order valence-corrected chi connectivity index (χ4v) is 2.47. The fraction of sp³-hybridized carbons (Fsp3) is 0.625. The third-order valence-electron chi connectivity index (χ3n) is 3.20. The lowest BCUT2D eigenvalue weighted by Crippen LogP contribution is -2.23. The Bertz CT molecular complexity index is 360. The zero-order valence-electron chi connectivity index (χ0n) is 12.1. The van der Waals surface area contributed by atoms with Crippen molar-refractivity contribution >= 4 is 11.6 Å². The van der Waals surface area contributed by atoms with Gasteiger partial charge in [-0.1, -0.05) is 44.5 Å². The first-order valence-corrected chi connectivity index (χ1v) is 7.41. The third-order valence-corrected chi connectivity index (χ3v) is 3.53. The minimum Gasteiger partial charge on any atom is -0.310 e. The molecule has 0 aliphatic carbocycles. The van der Waals surface area contributed by atoms with Gasteiger partial charge in [0.15, 0.2) is 0 Å². The highest BCUT2D eigenvalue weighted by Gasteiger charge is 2.14. The molecule has 0 radical (unpaired) electrons. The van der Waals surface area contributed by atoms with Crippen LogP contribution in [0.3, 0.4) is 0 Å². The van der Waals surface area contributed by atoms with Crippen molar-refractivity contribution in [1.29, 1.82) is 0 Å². The second kappa shape index (κ2) is 7.81. The van der Waals surface area contributed by atoms with Gasteiger partial charge < -0.3 is 5.32 Å². The van der Waals surface area contributed by atoms with Gasteiger partial charge in [-0.3, -0.25) is 0 Å². The molecule has 0 aromatic heterocycles. The average Bonchev–Trinajstić information content (AvgIpc) is 2.30. The molecule has 0 amide bonds. The standard InChI is InChI=1S/C16H26ClN/c1-5-10-18-16(9-6-12(2)3)14-8-7-13(4)11-15(14)17/h7-8,11-12,16,18H,5-6,9-10H2,1-4H3. The molecule has 1 aromatic rings. The van der Waals surface area contributed by atoms with Gasteiger partial charge in [-0.05, 0) is 55.8 Å². The van der Waals surface area contributed by atoms with Crippen molar-refractivity contribution in [3.63, 3.8) is 0 Å². The Balaban J connectivity index is 2.79. The molecule has 1 N–H and O–H groups in total. The van der Waals surface area contributed by atoms with Crippen molar-refractivity contribution in [3.05, 3.63) is 34.3 Å². The highest BCUT2D eigenvalue weighted by molar-refractivity contribution is 6.31. The molecule has 0 aliphatic heterocycles. The van der Waals surface area contributed by atoms with E-state index < -0.39 is 0 Å². The van der Waals surface area contributed by atoms with Crippen LogP contribution in [0.2, 0.25) is 5.02 Å². The molecule has 1 aromatic carbocycles. The molecule has 0 aliphatic rings. The highest BCUT2D eigenvalue weighted by atomic mass is 35.5. The zero-order valence-corrected chi connectivity index (χ0v) is 12.8. The van der Waals surface area contributed by atoms with Crippen molar-refractivity contribution in [2.24, 2.45) is 5.92 Å². The first kappa shape index (κ1) is 15.5. The van der Waals surface area contributed by atoms with E-state index in [1.165, 1.54) is 17.5 Å². The van der Waals surface area contributed by atoms with Crippen LogP contribution in [0.4, 0.5) is 0 Å². The van der Waals surface area contributed by atoms with E-state index in [1.807, 2.05) is 0 Å². The maximum absolute atomic E-state index is 6.38. The quantitative estimate of drug-likeness (QED) is 0.723. The number of rotatable bonds is 7. The van der Waals surface area contributed by atoms with Gasteiger partial charge in [0.25, 0.3) is 0 Å². The summed E-state index contributed by atoms with van der Waals surface area (Å²) < 4.78 is 0. The largest absolute Gasteiger partial charge is 0.310 e. The predicted molar refractivity (Wildman–Crippen MR) is 81.3 cm³/mol. The smallest absolute Gasteiger partial charge is 0.0456 e. The van der Waals surface area contributed by atoms with E-state index in [4.69, 9.17) is 11.6 Å². The summed E-state index contributed by atoms with van der Waals surface area (Å²) in [5.41, 5.74) is 2.47. The summed E-state index contributed by atoms with van der Waals surface area (Å²) in [5, 5.41) is 4.51. The molecule has 0 spiro atoms. The second-order valence-corrected chi connectivity index (χ2v) is 5.91. The van der Waals surface area contributed by atoms with Gasteiger partial charge in [0.2, 0.25) is 0 Å². The second-order valence-electron chi connectivity index (χ2n) is 5.50. The van der Waals surface area contributed by atoms with Crippen molar-refractivity contribution in [2.75, 3.05) is 6.54 Å². The summed E-state index contributed by atoms with van der Waals surface area (Å²) in [6.07, 6.45) is 3.54. The Labute approximate surface area is 117 Å². The molecule has 1 unspecified atom stereocenters. The zero-order chi connectivity index (χ0) is 13.5. The summed E-state index contributed by atoms with van der Waals surface area (Å²) in [6, 6.07) is 6.77. The van der Waals surface area contributed by atoms with Crippen LogP contribution < -0.4 is 5.32 Å². The molecule has 18 heavy (non-hydrogen) atoms. The van der Waals surface area contributed by atoms with E-state index in [0.717, 1.165) is 30.3 Å². The van der Waals surface area contributed by atoms with E-state index in [1.54, 1.807) is 0 Å². The maximum atomic E-state index is 6.38. The van der Waals surface area contributed by atoms with Gasteiger partial charge in [-0.2, -0.15) is 0 Å². The number of halogens is 1. The Morgan fingerprint density at radius 1 is 1.22 bits per heavy atom. The summed E-state index contributed by atoms with van der Waals surface area (Å²) in [5.74, 6) is 0.736. The van der Waals surface area contributed by atoms with Crippen LogP contribution >= 0.6 is 11.6 Å². The number of nitrogens with one attached hydrogen (secondary N) is 1. The lowest BCUT2D eigenvalue weighted by atomic mass is 9.96. The lowest BCUT2D eigenvalue weighted by molar-refractivity contribution is 0.441. The minimum absolute atomic E-state index is 0.389. The summed E-state index contributed by atoms with van der Waals surface area (Å²) >= 11 is 6.38. The van der Waals surface area contributed by atoms with Crippen LogP contribution in [0, 0.1) is 12.8 Å². The van der Waals surface area contributed by atoms with Crippen LogP contribution in [0.1, 0.15) is 57.2 Å². The molecule has 0 fully saturated rings. The van der Waals surface area contributed by atoms with Gasteiger partial charge in [-0.25, -0.2) is 0 Å². The average molecular weight is 268 g/mol. The first-order chi connectivity index (χ1) is 8.54. The Hall–Kier alpha value is -0.530. The van der Waals surface area contributed by atoms with Gasteiger partial charge >= 0.3 is 0 Å². The van der Waals surface area contributed by atoms with E-state index in [0.29, 0.717) is 6.04 Å². The summed E-state index contributed by atoms with van der Waals surface area (Å²) in [4.78, 5) is 0. The third kappa shape index (κ3) is 4.99. The maximum Gasteiger partial charge on any atom is 0.0456 e. The lowest BCUT2D eigenvalue weighted by Gasteiger charge is -2.21. The molecule has 0 bridgehead atoms. The Morgan fingerprint density at radius 2 is 1.94 bits per heavy atom. The van der Waals surface area contributed by atoms with Crippen molar-refractivity contribution in [2.45, 2.75) is 53.0 Å². The first-order valence-electron chi connectivity index (χ1n) is 7.04. The Kier molecular flexibility index (Phi) is 6.73. The molecular formula is C16H26ClN. The monoisotopic (exact) mass is 267 g/mol. The van der Waals surface area contributed by atoms with E-state index in [-0.39, 0.29) is 0 Å². The molecular weight excluding hydrogens is 242 g/mol. The van der Waals surface area contributed by atoms with Gasteiger partial charge in [0.1, 0.15) is 0 Å². The van der Waals surface area contributed by atoms with Crippen LogP contribution in [0.15, 0.2) is 18.2 Å². The molecule has 2 heteroatoms. The number of aryl methyl sites for hydroxylation is 1. The van der Waals surface area contributed by atoms with E-state index in [2.05, 4.69) is 51.2 Å². The Morgan fingerprint density at radius 3 is 2.50 bits per heavy atom. The van der Waals surface area contributed by atoms with Crippen LogP contribution in [0.25, 0.3) is 0 Å². The predicted octanol–water partition coefficient (Wildman–Crippen LogP) is 5.13. The summed E-state index contributed by atoms with van der Waals surface area (Å²) in [6.45, 7) is 9.87. The van der Waals surface area contributed by atoms with Crippen molar-refractivity contribution in [3.8, 4) is 0 Å². The van der Waals surface area contributed by atoms with Crippen LogP contribution in [0.5, 0.6) is 0 Å². The number of hydrogen-bond donors (Lipinski definition) is 1. The fourth-order valence-electron chi connectivity index (χ4n) is 2.10. The highest BCUT2D eigenvalue weighted by Crippen LogP contribution is 2.28. The SMILES string of the molecule is CCCNC(CCC(C)C)c1ccc(C)cc1Cl. The summed E-state index contributed by atoms with van der Waals surface area (Å²) in [7, 11) is 0. The number of hydrogen-bond acceptors (Lipinski definition) is 1. The molecule has 102 valence electrons. The minimum atomic E-state index is 0.389. The topological polar surface area (TPSA) is 12.0 Å². The van der Waals surface area contributed by atoms with Crippen LogP contribution in [-0.2, 0) is 0 Å². The molecule has 1 nitrogen and oxygen atoms in total. The van der Waals surface area contributed by atoms with E-state index in [9.17, 15) is 0 Å². The van der Waals surface area contributed by atoms with Gasteiger partial charge in [0, 0.05) is 11.1 Å². The van der Waals surface area contributed by atoms with Gasteiger partial charge in [-0.15, -0.1) is 0 Å². The number of benzene rings is 1. The molecule has 0 saturated heterocycles. The normalized spacial score (nSPS) is 13.0. The molecule has 1 rings (SSSR count). The van der Waals surface area contributed by atoms with Crippen molar-refractivity contribution in [1.82, 2.24) is 5.32 Å². The molecule has 1 atom stereocenters. The van der Waals surface area contributed by atoms with E-state index >= 15 is 0 Å². The van der Waals surface area contributed by atoms with Gasteiger partial charge in [0.05, 0.1) is 0 Å². The molecule has 0 heterocycles. The van der Waals surface area contributed by atoms with Crippen LogP contribution in [-0.4, -0.2) is 6.54 Å².